The zero-order valence-corrected chi connectivity index (χ0v) is 14.4. The van der Waals surface area contributed by atoms with Gasteiger partial charge in [0, 0.05) is 15.9 Å². The van der Waals surface area contributed by atoms with Crippen molar-refractivity contribution in [2.45, 2.75) is 32.4 Å². The largest absolute Gasteiger partial charge is 0.417 e. The number of halogens is 4. The van der Waals surface area contributed by atoms with Crippen LogP contribution in [0.4, 0.5) is 18.9 Å². The fourth-order valence-electron chi connectivity index (χ4n) is 2.89. The summed E-state index contributed by atoms with van der Waals surface area (Å²) in [5.41, 5.74) is 1.01. The molecule has 1 N–H and O–H groups in total. The molecule has 1 amide bonds. The van der Waals surface area contributed by atoms with Gasteiger partial charge in [0.2, 0.25) is 0 Å². The fourth-order valence-corrected chi connectivity index (χ4v) is 4.42. The third-order valence-corrected chi connectivity index (χ3v) is 5.54. The van der Waals surface area contributed by atoms with Crippen molar-refractivity contribution in [3.8, 4) is 0 Å². The standard InChI is InChI=1S/C17H15ClF3NOS/c1-9-2-4-11-12(8-24-15(11)6-9)16(23)22-10-3-5-13(14(18)7-10)17(19,20)21/h3,5,7-9H,2,4,6H2,1H3,(H,22,23). The molecule has 0 spiro atoms. The number of amides is 1. The summed E-state index contributed by atoms with van der Waals surface area (Å²) >= 11 is 7.25. The molecule has 0 saturated heterocycles. The van der Waals surface area contributed by atoms with Crippen LogP contribution in [-0.4, -0.2) is 5.91 Å². The Morgan fingerprint density at radius 1 is 1.38 bits per heavy atom. The highest BCUT2D eigenvalue weighted by molar-refractivity contribution is 7.10. The van der Waals surface area contributed by atoms with Crippen LogP contribution in [0.3, 0.4) is 0 Å². The Morgan fingerprint density at radius 3 is 2.79 bits per heavy atom. The first-order chi connectivity index (χ1) is 11.3. The van der Waals surface area contributed by atoms with E-state index >= 15 is 0 Å². The number of benzene rings is 1. The smallest absolute Gasteiger partial charge is 0.322 e. The number of fused-ring (bicyclic) bond motifs is 1. The minimum atomic E-state index is -4.51. The van der Waals surface area contributed by atoms with E-state index in [1.165, 1.54) is 10.9 Å². The number of thiophene rings is 1. The van der Waals surface area contributed by atoms with Crippen LogP contribution < -0.4 is 5.32 Å². The first-order valence-electron chi connectivity index (χ1n) is 7.53. The molecule has 1 aromatic carbocycles. The molecule has 1 atom stereocenters. The van der Waals surface area contributed by atoms with Gasteiger partial charge < -0.3 is 5.32 Å². The maximum absolute atomic E-state index is 12.7. The Morgan fingerprint density at radius 2 is 2.12 bits per heavy atom. The van der Waals surface area contributed by atoms with E-state index in [1.807, 2.05) is 5.38 Å². The van der Waals surface area contributed by atoms with Crippen molar-refractivity contribution in [2.24, 2.45) is 5.92 Å². The molecule has 24 heavy (non-hydrogen) atoms. The third kappa shape index (κ3) is 3.44. The zero-order valence-electron chi connectivity index (χ0n) is 12.8. The topological polar surface area (TPSA) is 29.1 Å². The Balaban J connectivity index is 1.80. The minimum Gasteiger partial charge on any atom is -0.322 e. The van der Waals surface area contributed by atoms with Gasteiger partial charge >= 0.3 is 6.18 Å². The van der Waals surface area contributed by atoms with E-state index in [-0.39, 0.29) is 11.6 Å². The van der Waals surface area contributed by atoms with Gasteiger partial charge in [-0.2, -0.15) is 13.2 Å². The number of carbonyl (C=O) groups is 1. The second-order valence-electron chi connectivity index (χ2n) is 6.05. The van der Waals surface area contributed by atoms with E-state index < -0.39 is 16.8 Å². The van der Waals surface area contributed by atoms with Gasteiger partial charge in [-0.3, -0.25) is 4.79 Å². The molecule has 0 radical (unpaired) electrons. The van der Waals surface area contributed by atoms with Gasteiger partial charge in [-0.05, 0) is 48.9 Å². The maximum Gasteiger partial charge on any atom is 0.417 e. The molecule has 2 aromatic rings. The first kappa shape index (κ1) is 17.3. The van der Waals surface area contributed by atoms with Gasteiger partial charge in [-0.15, -0.1) is 11.3 Å². The van der Waals surface area contributed by atoms with E-state index in [1.54, 1.807) is 11.3 Å². The van der Waals surface area contributed by atoms with Gasteiger partial charge in [0.05, 0.1) is 16.1 Å². The van der Waals surface area contributed by atoms with Crippen LogP contribution in [0.25, 0.3) is 0 Å². The normalized spacial score (nSPS) is 17.5. The number of nitrogens with one attached hydrogen (secondary N) is 1. The highest BCUT2D eigenvalue weighted by atomic mass is 35.5. The molecule has 2 nitrogen and oxygen atoms in total. The second kappa shape index (κ2) is 6.41. The Labute approximate surface area is 146 Å². The van der Waals surface area contributed by atoms with E-state index in [4.69, 9.17) is 11.6 Å². The molecule has 3 rings (SSSR count). The average Bonchev–Trinajstić information content (AvgIpc) is 2.88. The van der Waals surface area contributed by atoms with Crippen molar-refractivity contribution in [1.82, 2.24) is 0 Å². The Hall–Kier alpha value is -1.53. The molecule has 0 aliphatic heterocycles. The quantitative estimate of drug-likeness (QED) is 0.708. The molecule has 128 valence electrons. The molecular formula is C17H15ClF3NOS. The van der Waals surface area contributed by atoms with Gasteiger partial charge in [0.1, 0.15) is 0 Å². The molecule has 1 aromatic heterocycles. The van der Waals surface area contributed by atoms with Crippen LogP contribution in [0.2, 0.25) is 5.02 Å². The van der Waals surface area contributed by atoms with Crippen molar-refractivity contribution in [3.05, 3.63) is 50.2 Å². The first-order valence-corrected chi connectivity index (χ1v) is 8.79. The number of alkyl halides is 3. The van der Waals surface area contributed by atoms with E-state index in [9.17, 15) is 18.0 Å². The molecule has 0 saturated carbocycles. The van der Waals surface area contributed by atoms with Gasteiger partial charge in [-0.1, -0.05) is 18.5 Å². The summed E-state index contributed by atoms with van der Waals surface area (Å²) in [6.45, 7) is 2.19. The SMILES string of the molecule is CC1CCc2c(C(=O)Nc3ccc(C(F)(F)F)c(Cl)c3)csc2C1. The molecule has 0 bridgehead atoms. The van der Waals surface area contributed by atoms with E-state index in [0.29, 0.717) is 11.5 Å². The molecule has 1 aliphatic rings. The van der Waals surface area contributed by atoms with Gasteiger partial charge in [-0.25, -0.2) is 0 Å². The van der Waals surface area contributed by atoms with Crippen LogP contribution >= 0.6 is 22.9 Å². The summed E-state index contributed by atoms with van der Waals surface area (Å²) in [5.74, 6) is 0.304. The van der Waals surface area contributed by atoms with Crippen LogP contribution in [0.1, 0.15) is 39.7 Å². The number of hydrogen-bond donors (Lipinski definition) is 1. The maximum atomic E-state index is 12.7. The summed E-state index contributed by atoms with van der Waals surface area (Å²) in [6.07, 6.45) is -1.64. The van der Waals surface area contributed by atoms with Crippen molar-refractivity contribution < 1.29 is 18.0 Å². The summed E-state index contributed by atoms with van der Waals surface area (Å²) in [5, 5.41) is 4.04. The number of rotatable bonds is 2. The highest BCUT2D eigenvalue weighted by Crippen LogP contribution is 2.36. The summed E-state index contributed by atoms with van der Waals surface area (Å²) < 4.78 is 38.1. The van der Waals surface area contributed by atoms with Crippen LogP contribution in [-0.2, 0) is 19.0 Å². The highest BCUT2D eigenvalue weighted by Gasteiger charge is 2.33. The lowest BCUT2D eigenvalue weighted by molar-refractivity contribution is -0.137. The van der Waals surface area contributed by atoms with Crippen LogP contribution in [0, 0.1) is 5.92 Å². The van der Waals surface area contributed by atoms with Gasteiger partial charge in [0.15, 0.2) is 0 Å². The predicted molar refractivity (Wildman–Crippen MR) is 89.9 cm³/mol. The predicted octanol–water partition coefficient (Wildman–Crippen LogP) is 5.80. The second-order valence-corrected chi connectivity index (χ2v) is 7.42. The average molecular weight is 374 g/mol. The molecule has 1 unspecified atom stereocenters. The van der Waals surface area contributed by atoms with Crippen LogP contribution in [0.5, 0.6) is 0 Å². The fraction of sp³-hybridized carbons (Fsp3) is 0.353. The minimum absolute atomic E-state index is 0.252. The van der Waals surface area contributed by atoms with E-state index in [0.717, 1.165) is 37.0 Å². The number of carbonyl (C=O) groups excluding carboxylic acids is 1. The zero-order chi connectivity index (χ0) is 17.5. The van der Waals surface area contributed by atoms with Crippen molar-refractivity contribution in [2.75, 3.05) is 5.32 Å². The Kier molecular flexibility index (Phi) is 4.62. The summed E-state index contributed by atoms with van der Waals surface area (Å²) in [6, 6.07) is 3.22. The molecular weight excluding hydrogens is 359 g/mol. The number of anilines is 1. The van der Waals surface area contributed by atoms with Crippen molar-refractivity contribution >= 4 is 34.5 Å². The molecule has 0 fully saturated rings. The Bertz CT molecular complexity index is 785. The lowest BCUT2D eigenvalue weighted by Crippen LogP contribution is -2.16. The molecule has 7 heteroatoms. The molecule has 1 aliphatic carbocycles. The number of hydrogen-bond acceptors (Lipinski definition) is 2. The van der Waals surface area contributed by atoms with Gasteiger partial charge in [0.25, 0.3) is 5.91 Å². The van der Waals surface area contributed by atoms with Crippen molar-refractivity contribution in [1.29, 1.82) is 0 Å². The van der Waals surface area contributed by atoms with Crippen LogP contribution in [0.15, 0.2) is 23.6 Å². The summed E-state index contributed by atoms with van der Waals surface area (Å²) in [4.78, 5) is 13.7. The van der Waals surface area contributed by atoms with E-state index in [2.05, 4.69) is 12.2 Å². The molecule has 1 heterocycles. The monoisotopic (exact) mass is 373 g/mol. The lowest BCUT2D eigenvalue weighted by atomic mass is 9.88. The summed E-state index contributed by atoms with van der Waals surface area (Å²) in [7, 11) is 0. The van der Waals surface area contributed by atoms with Crippen molar-refractivity contribution in [3.63, 3.8) is 0 Å². The third-order valence-electron chi connectivity index (χ3n) is 4.18. The lowest BCUT2D eigenvalue weighted by Gasteiger charge is -2.19.